The highest BCUT2D eigenvalue weighted by Crippen LogP contribution is 2.25. The molecule has 0 fully saturated rings. The number of carbonyl (C=O) groups excluding carboxylic acids is 1. The lowest BCUT2D eigenvalue weighted by Crippen LogP contribution is -2.20. The van der Waals surface area contributed by atoms with Gasteiger partial charge in [-0.15, -0.1) is 5.10 Å². The van der Waals surface area contributed by atoms with E-state index in [1.54, 1.807) is 18.2 Å². The van der Waals surface area contributed by atoms with Crippen molar-refractivity contribution in [3.05, 3.63) is 94.2 Å². The normalized spacial score (nSPS) is 11.7. The number of carbonyl (C=O) groups is 1. The molecule has 1 N–H and O–H groups in total. The first kappa shape index (κ1) is 21.5. The number of hydrogen-bond acceptors (Lipinski definition) is 8. The van der Waals surface area contributed by atoms with E-state index in [-0.39, 0.29) is 28.8 Å². The molecule has 3 aromatic carbocycles. The van der Waals surface area contributed by atoms with Gasteiger partial charge in [0, 0.05) is 11.6 Å². The fourth-order valence-corrected chi connectivity index (χ4v) is 4.23. The molecule has 34 heavy (non-hydrogen) atoms. The summed E-state index contributed by atoms with van der Waals surface area (Å²) in [7, 11) is -3.29. The zero-order valence-corrected chi connectivity index (χ0v) is 18.6. The second-order valence-corrected chi connectivity index (χ2v) is 9.71. The first-order valence-electron chi connectivity index (χ1n) is 10.2. The van der Waals surface area contributed by atoms with Crippen molar-refractivity contribution in [3.8, 4) is 0 Å². The van der Waals surface area contributed by atoms with E-state index in [4.69, 9.17) is 8.83 Å². The summed E-state index contributed by atoms with van der Waals surface area (Å²) >= 11 is 0. The van der Waals surface area contributed by atoms with Crippen LogP contribution in [0.4, 0.5) is 6.01 Å². The van der Waals surface area contributed by atoms with Gasteiger partial charge in [-0.25, -0.2) is 13.2 Å². The topological polar surface area (TPSA) is 132 Å². The van der Waals surface area contributed by atoms with E-state index < -0.39 is 21.4 Å². The SMILES string of the molecule is CS(=O)(=O)c1ccc(Cc2nnc(NC(=O)c3cc4c(ccc5ccccc54)oc3=O)o2)cc1. The maximum atomic E-state index is 12.8. The molecule has 170 valence electrons. The molecule has 0 atom stereocenters. The lowest BCUT2D eigenvalue weighted by molar-refractivity contribution is 0.102. The van der Waals surface area contributed by atoms with E-state index in [1.165, 1.54) is 18.2 Å². The van der Waals surface area contributed by atoms with Crippen LogP contribution in [0.3, 0.4) is 0 Å². The molecular weight excluding hydrogens is 458 g/mol. The molecule has 0 radical (unpaired) electrons. The Labute approximate surface area is 193 Å². The van der Waals surface area contributed by atoms with Crippen molar-refractivity contribution in [1.29, 1.82) is 0 Å². The second-order valence-electron chi connectivity index (χ2n) is 7.69. The average molecular weight is 475 g/mol. The zero-order chi connectivity index (χ0) is 23.9. The highest BCUT2D eigenvalue weighted by atomic mass is 32.2. The molecule has 2 aromatic heterocycles. The Bertz CT molecular complexity index is 1720. The first-order valence-corrected chi connectivity index (χ1v) is 12.1. The number of sulfone groups is 1. The molecule has 5 aromatic rings. The molecular formula is C24H17N3O6S. The van der Waals surface area contributed by atoms with Crippen LogP contribution in [0.1, 0.15) is 21.8 Å². The second kappa shape index (κ2) is 8.23. The van der Waals surface area contributed by atoms with Gasteiger partial charge in [0.1, 0.15) is 11.1 Å². The summed E-state index contributed by atoms with van der Waals surface area (Å²) in [5.41, 5.74) is 0.143. The van der Waals surface area contributed by atoms with Crippen molar-refractivity contribution >= 4 is 43.5 Å². The van der Waals surface area contributed by atoms with Crippen LogP contribution in [0.25, 0.3) is 21.7 Å². The maximum absolute atomic E-state index is 12.8. The van der Waals surface area contributed by atoms with Gasteiger partial charge >= 0.3 is 11.6 Å². The number of nitrogens with zero attached hydrogens (tertiary/aromatic N) is 2. The van der Waals surface area contributed by atoms with E-state index in [2.05, 4.69) is 15.5 Å². The summed E-state index contributed by atoms with van der Waals surface area (Å²) in [6.45, 7) is 0. The molecule has 9 nitrogen and oxygen atoms in total. The van der Waals surface area contributed by atoms with Gasteiger partial charge in [-0.2, -0.15) is 0 Å². The lowest BCUT2D eigenvalue weighted by atomic mass is 10.0. The summed E-state index contributed by atoms with van der Waals surface area (Å²) < 4.78 is 34.0. The van der Waals surface area contributed by atoms with Crippen LogP contribution < -0.4 is 10.9 Å². The Hall–Kier alpha value is -4.31. The molecule has 1 amide bonds. The number of rotatable bonds is 5. The van der Waals surface area contributed by atoms with Gasteiger partial charge < -0.3 is 8.83 Å². The lowest BCUT2D eigenvalue weighted by Gasteiger charge is -2.05. The average Bonchev–Trinajstić information content (AvgIpc) is 3.24. The number of fused-ring (bicyclic) bond motifs is 3. The number of hydrogen-bond donors (Lipinski definition) is 1. The van der Waals surface area contributed by atoms with Crippen molar-refractivity contribution in [1.82, 2.24) is 10.2 Å². The van der Waals surface area contributed by atoms with Gasteiger partial charge in [-0.3, -0.25) is 10.1 Å². The van der Waals surface area contributed by atoms with Gasteiger partial charge in [0.15, 0.2) is 9.84 Å². The van der Waals surface area contributed by atoms with Crippen molar-refractivity contribution < 1.29 is 22.0 Å². The molecule has 0 aliphatic heterocycles. The first-order chi connectivity index (χ1) is 16.3. The van der Waals surface area contributed by atoms with Gasteiger partial charge in [-0.1, -0.05) is 47.6 Å². The number of amides is 1. The van der Waals surface area contributed by atoms with E-state index in [9.17, 15) is 18.0 Å². The minimum atomic E-state index is -3.29. The van der Waals surface area contributed by atoms with Gasteiger partial charge in [0.05, 0.1) is 11.3 Å². The largest absolute Gasteiger partial charge is 0.422 e. The van der Waals surface area contributed by atoms with Crippen LogP contribution in [0.2, 0.25) is 0 Å². The molecule has 10 heteroatoms. The summed E-state index contributed by atoms with van der Waals surface area (Å²) in [6.07, 6.45) is 1.37. The predicted octanol–water partition coefficient (Wildman–Crippen LogP) is 3.58. The van der Waals surface area contributed by atoms with Crippen LogP contribution >= 0.6 is 0 Å². The van der Waals surface area contributed by atoms with Crippen LogP contribution in [-0.2, 0) is 16.3 Å². The van der Waals surface area contributed by atoms with Crippen molar-refractivity contribution in [2.75, 3.05) is 11.6 Å². The standard InChI is InChI=1S/C24H17N3O6S/c1-34(30,31)16-9-6-14(7-10-16)12-21-26-27-24(33-21)25-22(28)19-13-18-17-5-3-2-4-15(17)8-11-20(18)32-23(19)29/h2-11,13H,12H2,1H3,(H,25,27,28). The summed E-state index contributed by atoms with van der Waals surface area (Å²) in [5.74, 6) is -0.532. The Morgan fingerprint density at radius 3 is 2.47 bits per heavy atom. The highest BCUT2D eigenvalue weighted by molar-refractivity contribution is 7.90. The van der Waals surface area contributed by atoms with Gasteiger partial charge in [0.2, 0.25) is 5.89 Å². The molecule has 5 rings (SSSR count). The third kappa shape index (κ3) is 4.18. The molecule has 0 spiro atoms. The molecule has 0 unspecified atom stereocenters. The third-order valence-corrected chi connectivity index (χ3v) is 6.41. The predicted molar refractivity (Wildman–Crippen MR) is 125 cm³/mol. The van der Waals surface area contributed by atoms with Crippen molar-refractivity contribution in [3.63, 3.8) is 0 Å². The van der Waals surface area contributed by atoms with E-state index in [1.807, 2.05) is 30.3 Å². The van der Waals surface area contributed by atoms with Crippen LogP contribution in [0.5, 0.6) is 0 Å². The van der Waals surface area contributed by atoms with Crippen molar-refractivity contribution in [2.45, 2.75) is 11.3 Å². The third-order valence-electron chi connectivity index (χ3n) is 5.28. The maximum Gasteiger partial charge on any atom is 0.349 e. The number of benzene rings is 3. The molecule has 0 bridgehead atoms. The van der Waals surface area contributed by atoms with Gasteiger partial charge in [0.25, 0.3) is 5.91 Å². The number of anilines is 1. The fraction of sp³-hybridized carbons (Fsp3) is 0.0833. The number of nitrogens with one attached hydrogen (secondary N) is 1. The Balaban J connectivity index is 1.37. The Morgan fingerprint density at radius 2 is 1.71 bits per heavy atom. The summed E-state index contributed by atoms with van der Waals surface area (Å²) in [6, 6.07) is 18.7. The highest BCUT2D eigenvalue weighted by Gasteiger charge is 2.18. The smallest absolute Gasteiger partial charge is 0.349 e. The van der Waals surface area contributed by atoms with E-state index in [0.717, 1.165) is 22.6 Å². The van der Waals surface area contributed by atoms with E-state index >= 15 is 0 Å². The van der Waals surface area contributed by atoms with Gasteiger partial charge in [-0.05, 0) is 40.6 Å². The van der Waals surface area contributed by atoms with Crippen molar-refractivity contribution in [2.24, 2.45) is 0 Å². The van der Waals surface area contributed by atoms with E-state index in [0.29, 0.717) is 11.0 Å². The monoisotopic (exact) mass is 475 g/mol. The number of aromatic nitrogens is 2. The molecule has 0 aliphatic carbocycles. The summed E-state index contributed by atoms with van der Waals surface area (Å²) in [4.78, 5) is 25.4. The Morgan fingerprint density at radius 1 is 0.941 bits per heavy atom. The quantitative estimate of drug-likeness (QED) is 0.301. The fourth-order valence-electron chi connectivity index (χ4n) is 3.60. The minimum absolute atomic E-state index is 0.176. The molecule has 0 saturated heterocycles. The molecule has 2 heterocycles. The molecule has 0 aliphatic rings. The molecule has 0 saturated carbocycles. The summed E-state index contributed by atoms with van der Waals surface area (Å²) in [5, 5.41) is 12.5. The van der Waals surface area contributed by atoms with Crippen LogP contribution in [-0.4, -0.2) is 30.8 Å². The van der Waals surface area contributed by atoms with Crippen LogP contribution in [0.15, 0.2) is 85.3 Å². The zero-order valence-electron chi connectivity index (χ0n) is 17.8. The Kier molecular flexibility index (Phi) is 5.21. The van der Waals surface area contributed by atoms with Crippen LogP contribution in [0, 0.1) is 0 Å². The minimum Gasteiger partial charge on any atom is -0.422 e.